The van der Waals surface area contributed by atoms with Gasteiger partial charge in [-0.2, -0.15) is 5.10 Å². The predicted molar refractivity (Wildman–Crippen MR) is 114 cm³/mol. The monoisotopic (exact) mass is 402 g/mol. The van der Waals surface area contributed by atoms with E-state index < -0.39 is 26.3 Å². The highest BCUT2D eigenvalue weighted by Crippen LogP contribution is 2.34. The van der Waals surface area contributed by atoms with Crippen LogP contribution in [0.1, 0.15) is 47.1 Å². The fraction of sp³-hybridized carbons (Fsp3) is 0.476. The standard InChI is InChI=1S/C21H30N2O4Si/c1-20(2,3)14-9-10-15(17(13-14)27-28(7)8)16-11-12-18(24)23(22-16)19(25)26-21(4,5)6/h9-13,28H,1-8H3. The van der Waals surface area contributed by atoms with Gasteiger partial charge in [-0.3, -0.25) is 4.79 Å². The molecule has 2 rings (SSSR count). The molecule has 0 aliphatic heterocycles. The molecule has 0 saturated carbocycles. The average molecular weight is 403 g/mol. The number of rotatable bonds is 3. The number of hydrogen-bond donors (Lipinski definition) is 0. The van der Waals surface area contributed by atoms with Gasteiger partial charge < -0.3 is 9.16 Å². The van der Waals surface area contributed by atoms with Gasteiger partial charge in [-0.25, -0.2) is 4.79 Å². The highest BCUT2D eigenvalue weighted by molar-refractivity contribution is 6.49. The van der Waals surface area contributed by atoms with E-state index in [0.29, 0.717) is 5.69 Å². The fourth-order valence-electron chi connectivity index (χ4n) is 2.54. The Hall–Kier alpha value is -2.41. The summed E-state index contributed by atoms with van der Waals surface area (Å²) in [5.74, 6) is 0.718. The molecule has 28 heavy (non-hydrogen) atoms. The van der Waals surface area contributed by atoms with Crippen molar-refractivity contribution in [2.24, 2.45) is 0 Å². The van der Waals surface area contributed by atoms with Gasteiger partial charge in [-0.1, -0.05) is 26.8 Å². The first-order valence-electron chi connectivity index (χ1n) is 9.43. The van der Waals surface area contributed by atoms with Gasteiger partial charge in [0.05, 0.1) is 5.69 Å². The van der Waals surface area contributed by atoms with E-state index in [-0.39, 0.29) is 5.41 Å². The van der Waals surface area contributed by atoms with Gasteiger partial charge in [0.15, 0.2) is 0 Å². The summed E-state index contributed by atoms with van der Waals surface area (Å²) in [4.78, 5) is 24.5. The second-order valence-electron chi connectivity index (χ2n) is 9.08. The zero-order valence-corrected chi connectivity index (χ0v) is 19.1. The summed E-state index contributed by atoms with van der Waals surface area (Å²) in [6.07, 6.45) is -0.800. The molecule has 0 atom stereocenters. The van der Waals surface area contributed by atoms with E-state index in [0.717, 1.165) is 21.6 Å². The van der Waals surface area contributed by atoms with E-state index in [4.69, 9.17) is 9.16 Å². The highest BCUT2D eigenvalue weighted by Gasteiger charge is 2.22. The Morgan fingerprint density at radius 1 is 1.04 bits per heavy atom. The van der Waals surface area contributed by atoms with Crippen molar-refractivity contribution in [3.8, 4) is 17.0 Å². The van der Waals surface area contributed by atoms with Gasteiger partial charge in [0.2, 0.25) is 9.04 Å². The molecule has 0 spiro atoms. The first kappa shape index (κ1) is 21.9. The Kier molecular flexibility index (Phi) is 6.18. The number of hydrogen-bond acceptors (Lipinski definition) is 5. The SMILES string of the molecule is C[SiH](C)Oc1cc(C(C)(C)C)ccc1-c1ccc(=O)n(C(=O)OC(C)(C)C)n1. The molecule has 0 aliphatic rings. The van der Waals surface area contributed by atoms with Crippen LogP contribution in [0.3, 0.4) is 0 Å². The Morgan fingerprint density at radius 3 is 2.21 bits per heavy atom. The van der Waals surface area contributed by atoms with Gasteiger partial charge >= 0.3 is 6.09 Å². The minimum Gasteiger partial charge on any atom is -0.547 e. The van der Waals surface area contributed by atoms with E-state index in [9.17, 15) is 9.59 Å². The summed E-state index contributed by atoms with van der Waals surface area (Å²) in [5, 5.41) is 4.25. The summed E-state index contributed by atoms with van der Waals surface area (Å²) in [6, 6.07) is 8.89. The van der Waals surface area contributed by atoms with Crippen molar-refractivity contribution in [2.45, 2.75) is 65.7 Å². The third-order valence-corrected chi connectivity index (χ3v) is 4.58. The lowest BCUT2D eigenvalue weighted by molar-refractivity contribution is 0.0506. The molecule has 0 N–H and O–H groups in total. The summed E-state index contributed by atoms with van der Waals surface area (Å²) < 4.78 is 12.2. The molecule has 6 nitrogen and oxygen atoms in total. The maximum absolute atomic E-state index is 12.4. The van der Waals surface area contributed by atoms with Crippen molar-refractivity contribution in [2.75, 3.05) is 0 Å². The van der Waals surface area contributed by atoms with Crippen molar-refractivity contribution in [3.05, 3.63) is 46.2 Å². The molecule has 152 valence electrons. The van der Waals surface area contributed by atoms with Crippen LogP contribution in [0, 0.1) is 0 Å². The minimum absolute atomic E-state index is 0.0299. The molecule has 2 aromatic rings. The maximum Gasteiger partial charge on any atom is 0.438 e. The van der Waals surface area contributed by atoms with Crippen molar-refractivity contribution in [3.63, 3.8) is 0 Å². The molecule has 7 heteroatoms. The number of carbonyl (C=O) groups is 1. The Balaban J connectivity index is 2.56. The van der Waals surface area contributed by atoms with Crippen LogP contribution in [0.2, 0.25) is 13.1 Å². The van der Waals surface area contributed by atoms with Crippen LogP contribution >= 0.6 is 0 Å². The van der Waals surface area contributed by atoms with Gasteiger partial charge in [-0.15, -0.1) is 4.68 Å². The molecule has 1 aromatic heterocycles. The number of ether oxygens (including phenoxy) is 1. The number of aromatic nitrogens is 2. The third kappa shape index (κ3) is 5.54. The minimum atomic E-state index is -1.38. The second kappa shape index (κ2) is 7.91. The molecule has 0 radical (unpaired) electrons. The van der Waals surface area contributed by atoms with Crippen LogP contribution in [0.15, 0.2) is 35.1 Å². The van der Waals surface area contributed by atoms with Crippen LogP contribution in [0.5, 0.6) is 5.75 Å². The normalized spacial score (nSPS) is 12.2. The lowest BCUT2D eigenvalue weighted by Gasteiger charge is -2.23. The van der Waals surface area contributed by atoms with Gasteiger partial charge in [0.25, 0.3) is 5.56 Å². The van der Waals surface area contributed by atoms with Crippen LogP contribution < -0.4 is 9.99 Å². The molecule has 0 unspecified atom stereocenters. The van der Waals surface area contributed by atoms with Crippen molar-refractivity contribution >= 4 is 15.1 Å². The molecule has 0 fully saturated rings. The number of benzene rings is 1. The zero-order chi connectivity index (χ0) is 21.3. The maximum atomic E-state index is 12.4. The van der Waals surface area contributed by atoms with E-state index in [1.54, 1.807) is 26.8 Å². The predicted octanol–water partition coefficient (Wildman–Crippen LogP) is 4.35. The summed E-state index contributed by atoms with van der Waals surface area (Å²) in [6.45, 7) is 15.8. The Morgan fingerprint density at radius 2 is 1.68 bits per heavy atom. The van der Waals surface area contributed by atoms with E-state index in [2.05, 4.69) is 39.0 Å². The van der Waals surface area contributed by atoms with Gasteiger partial charge in [0.1, 0.15) is 11.4 Å². The molecule has 1 aromatic carbocycles. The van der Waals surface area contributed by atoms with E-state index in [1.807, 2.05) is 18.2 Å². The fourth-order valence-corrected chi connectivity index (χ4v) is 3.25. The largest absolute Gasteiger partial charge is 0.547 e. The first-order chi connectivity index (χ1) is 12.8. The van der Waals surface area contributed by atoms with Gasteiger partial charge in [0, 0.05) is 11.6 Å². The Labute approximate surface area is 168 Å². The molecular weight excluding hydrogens is 372 g/mol. The smallest absolute Gasteiger partial charge is 0.438 e. The van der Waals surface area contributed by atoms with Crippen LogP contribution in [0.25, 0.3) is 11.3 Å². The lowest BCUT2D eigenvalue weighted by Crippen LogP contribution is -2.35. The van der Waals surface area contributed by atoms with Crippen LogP contribution in [0.4, 0.5) is 4.79 Å². The Bertz CT molecular complexity index is 921. The molecule has 0 bridgehead atoms. The average Bonchev–Trinajstić information content (AvgIpc) is 2.52. The topological polar surface area (TPSA) is 70.4 Å². The second-order valence-corrected chi connectivity index (χ2v) is 11.4. The third-order valence-electron chi connectivity index (χ3n) is 3.85. The van der Waals surface area contributed by atoms with Gasteiger partial charge in [-0.05, 0) is 63.0 Å². The molecule has 0 saturated heterocycles. The summed E-state index contributed by atoms with van der Waals surface area (Å²) in [7, 11) is -1.38. The number of nitrogens with zero attached hydrogens (tertiary/aromatic N) is 2. The summed E-state index contributed by atoms with van der Waals surface area (Å²) >= 11 is 0. The highest BCUT2D eigenvalue weighted by atomic mass is 28.3. The van der Waals surface area contributed by atoms with Crippen molar-refractivity contribution < 1.29 is 14.0 Å². The first-order valence-corrected chi connectivity index (χ1v) is 12.2. The molecule has 0 amide bonds. The lowest BCUT2D eigenvalue weighted by atomic mass is 9.86. The van der Waals surface area contributed by atoms with Crippen molar-refractivity contribution in [1.29, 1.82) is 0 Å². The van der Waals surface area contributed by atoms with Crippen LogP contribution in [-0.4, -0.2) is 30.5 Å². The molecular formula is C21H30N2O4Si. The molecule has 1 heterocycles. The van der Waals surface area contributed by atoms with E-state index in [1.165, 1.54) is 6.07 Å². The molecule has 0 aliphatic carbocycles. The van der Waals surface area contributed by atoms with Crippen LogP contribution in [-0.2, 0) is 10.2 Å². The zero-order valence-electron chi connectivity index (χ0n) is 18.0. The number of carbonyl (C=O) groups excluding carboxylic acids is 1. The quantitative estimate of drug-likeness (QED) is 0.714. The van der Waals surface area contributed by atoms with E-state index >= 15 is 0 Å². The summed E-state index contributed by atoms with van der Waals surface area (Å²) in [5.41, 5.74) is 1.08. The van der Waals surface area contributed by atoms with Crippen molar-refractivity contribution in [1.82, 2.24) is 9.78 Å².